The van der Waals surface area contributed by atoms with E-state index < -0.39 is 0 Å². The van der Waals surface area contributed by atoms with Crippen LogP contribution in [0.25, 0.3) is 5.69 Å². The molecular formula is C15H14N4O2. The smallest absolute Gasteiger partial charge is 0.342 e. The Bertz CT molecular complexity index is 740. The van der Waals surface area contributed by atoms with Crippen LogP contribution >= 0.6 is 0 Å². The molecule has 6 nitrogen and oxygen atoms in total. The number of hydrogen-bond donors (Lipinski definition) is 1. The van der Waals surface area contributed by atoms with Crippen LogP contribution in [0.1, 0.15) is 11.1 Å². The second-order valence-electron chi connectivity index (χ2n) is 4.53. The number of ether oxygens (including phenoxy) is 1. The Hall–Kier alpha value is -2.73. The molecule has 0 saturated heterocycles. The fraction of sp³-hybridized carbons (Fsp3) is 0.133. The summed E-state index contributed by atoms with van der Waals surface area (Å²) in [5, 5.41) is 13.3. The normalized spacial score (nSPS) is 10.6. The van der Waals surface area contributed by atoms with Crippen LogP contribution in [-0.2, 0) is 6.61 Å². The number of nitrogens with zero attached hydrogens (tertiary/aromatic N) is 4. The molecule has 0 saturated carbocycles. The minimum atomic E-state index is -0.0466. The van der Waals surface area contributed by atoms with Crippen LogP contribution in [0.3, 0.4) is 0 Å². The van der Waals surface area contributed by atoms with Crippen LogP contribution in [0.15, 0.2) is 48.9 Å². The first-order chi connectivity index (χ1) is 10.3. The zero-order valence-electron chi connectivity index (χ0n) is 11.5. The van der Waals surface area contributed by atoms with Gasteiger partial charge in [-0.15, -0.1) is 5.10 Å². The third-order valence-corrected chi connectivity index (χ3v) is 2.95. The molecule has 6 heteroatoms. The Morgan fingerprint density at radius 1 is 1.19 bits per heavy atom. The molecule has 106 valence electrons. The molecule has 0 atom stereocenters. The maximum atomic E-state index is 9.06. The number of para-hydroxylation sites is 1. The van der Waals surface area contributed by atoms with Gasteiger partial charge < -0.3 is 9.84 Å². The SMILES string of the molecule is Cc1cc(CO)cnc1Oc1ncn(-c2ccccc2)n1. The Kier molecular flexibility index (Phi) is 3.61. The number of hydrogen-bond acceptors (Lipinski definition) is 5. The van der Waals surface area contributed by atoms with Crippen LogP contribution in [0.2, 0.25) is 0 Å². The van der Waals surface area contributed by atoms with E-state index in [2.05, 4.69) is 15.1 Å². The standard InChI is InChI=1S/C15H14N4O2/c1-11-7-12(9-20)8-16-14(11)21-15-17-10-19(18-15)13-5-3-2-4-6-13/h2-8,10,20H,9H2,1H3. The van der Waals surface area contributed by atoms with Crippen LogP contribution in [0, 0.1) is 6.92 Å². The molecule has 2 aromatic heterocycles. The lowest BCUT2D eigenvalue weighted by molar-refractivity contribution is 0.281. The van der Waals surface area contributed by atoms with Crippen molar-refractivity contribution in [2.24, 2.45) is 0 Å². The predicted molar refractivity (Wildman–Crippen MR) is 76.3 cm³/mol. The van der Waals surface area contributed by atoms with Crippen molar-refractivity contribution in [2.45, 2.75) is 13.5 Å². The number of rotatable bonds is 4. The molecule has 0 fully saturated rings. The molecule has 0 unspecified atom stereocenters. The van der Waals surface area contributed by atoms with E-state index in [1.807, 2.05) is 43.3 Å². The predicted octanol–water partition coefficient (Wildman–Crippen LogP) is 2.26. The molecule has 3 rings (SSSR count). The molecule has 0 bridgehead atoms. The molecule has 21 heavy (non-hydrogen) atoms. The number of aryl methyl sites for hydroxylation is 1. The molecule has 0 aliphatic rings. The van der Waals surface area contributed by atoms with Crippen molar-refractivity contribution < 1.29 is 9.84 Å². The average molecular weight is 282 g/mol. The van der Waals surface area contributed by atoms with Gasteiger partial charge >= 0.3 is 6.01 Å². The lowest BCUT2D eigenvalue weighted by Gasteiger charge is -2.05. The van der Waals surface area contributed by atoms with E-state index in [0.717, 1.165) is 16.8 Å². The summed E-state index contributed by atoms with van der Waals surface area (Å²) < 4.78 is 7.21. The van der Waals surface area contributed by atoms with E-state index in [4.69, 9.17) is 9.84 Å². The highest BCUT2D eigenvalue weighted by molar-refractivity contribution is 5.31. The fourth-order valence-electron chi connectivity index (χ4n) is 1.90. The Morgan fingerprint density at radius 3 is 2.71 bits per heavy atom. The van der Waals surface area contributed by atoms with Gasteiger partial charge in [-0.3, -0.25) is 0 Å². The summed E-state index contributed by atoms with van der Waals surface area (Å²) in [7, 11) is 0. The Balaban J connectivity index is 1.82. The van der Waals surface area contributed by atoms with Crippen molar-refractivity contribution in [1.82, 2.24) is 19.7 Å². The first-order valence-corrected chi connectivity index (χ1v) is 6.47. The van der Waals surface area contributed by atoms with Gasteiger partial charge in [0.25, 0.3) is 0 Å². The highest BCUT2D eigenvalue weighted by Crippen LogP contribution is 2.20. The van der Waals surface area contributed by atoms with E-state index in [1.54, 1.807) is 17.2 Å². The molecule has 0 aliphatic carbocycles. The number of aromatic nitrogens is 4. The zero-order chi connectivity index (χ0) is 14.7. The average Bonchev–Trinajstić information content (AvgIpc) is 2.99. The third kappa shape index (κ3) is 2.90. The van der Waals surface area contributed by atoms with Gasteiger partial charge in [0.1, 0.15) is 6.33 Å². The molecule has 0 radical (unpaired) electrons. The monoisotopic (exact) mass is 282 g/mol. The van der Waals surface area contributed by atoms with Crippen molar-refractivity contribution in [2.75, 3.05) is 0 Å². The number of aliphatic hydroxyl groups is 1. The van der Waals surface area contributed by atoms with Gasteiger partial charge in [-0.1, -0.05) is 18.2 Å². The second kappa shape index (κ2) is 5.72. The molecule has 1 N–H and O–H groups in total. The summed E-state index contributed by atoms with van der Waals surface area (Å²) in [5.74, 6) is 0.429. The van der Waals surface area contributed by atoms with Gasteiger partial charge in [0.05, 0.1) is 12.3 Å². The molecule has 3 aromatic rings. The van der Waals surface area contributed by atoms with E-state index in [9.17, 15) is 0 Å². The fourth-order valence-corrected chi connectivity index (χ4v) is 1.90. The van der Waals surface area contributed by atoms with Crippen molar-refractivity contribution in [3.05, 3.63) is 60.0 Å². The van der Waals surface area contributed by atoms with Gasteiger partial charge in [0.15, 0.2) is 0 Å². The largest absolute Gasteiger partial charge is 0.404 e. The van der Waals surface area contributed by atoms with Gasteiger partial charge in [0.2, 0.25) is 5.88 Å². The van der Waals surface area contributed by atoms with Crippen LogP contribution < -0.4 is 4.74 Å². The first-order valence-electron chi connectivity index (χ1n) is 6.47. The Labute approximate surface area is 121 Å². The maximum Gasteiger partial charge on any atom is 0.342 e. The van der Waals surface area contributed by atoms with Crippen molar-refractivity contribution >= 4 is 0 Å². The summed E-state index contributed by atoms with van der Waals surface area (Å²) in [6.45, 7) is 1.81. The zero-order valence-corrected chi connectivity index (χ0v) is 11.5. The molecule has 0 aliphatic heterocycles. The molecule has 0 spiro atoms. The summed E-state index contributed by atoms with van der Waals surface area (Å²) >= 11 is 0. The highest BCUT2D eigenvalue weighted by Gasteiger charge is 2.08. The number of aliphatic hydroxyl groups excluding tert-OH is 1. The first kappa shape index (κ1) is 13.3. The van der Waals surface area contributed by atoms with Gasteiger partial charge in [-0.05, 0) is 30.7 Å². The summed E-state index contributed by atoms with van der Waals surface area (Å²) in [6.07, 6.45) is 3.15. The quantitative estimate of drug-likeness (QED) is 0.794. The molecular weight excluding hydrogens is 268 g/mol. The number of pyridine rings is 1. The van der Waals surface area contributed by atoms with Gasteiger partial charge in [-0.25, -0.2) is 9.67 Å². The Morgan fingerprint density at radius 2 is 2.00 bits per heavy atom. The van der Waals surface area contributed by atoms with E-state index in [0.29, 0.717) is 5.88 Å². The van der Waals surface area contributed by atoms with Crippen molar-refractivity contribution in [3.8, 4) is 17.6 Å². The lowest BCUT2D eigenvalue weighted by Crippen LogP contribution is -1.97. The lowest BCUT2D eigenvalue weighted by atomic mass is 10.2. The van der Waals surface area contributed by atoms with E-state index in [1.165, 1.54) is 0 Å². The van der Waals surface area contributed by atoms with Crippen LogP contribution in [0.5, 0.6) is 11.9 Å². The highest BCUT2D eigenvalue weighted by atomic mass is 16.5. The van der Waals surface area contributed by atoms with E-state index in [-0.39, 0.29) is 12.6 Å². The van der Waals surface area contributed by atoms with E-state index >= 15 is 0 Å². The molecule has 0 amide bonds. The van der Waals surface area contributed by atoms with Crippen LogP contribution in [0.4, 0.5) is 0 Å². The van der Waals surface area contributed by atoms with Crippen molar-refractivity contribution in [3.63, 3.8) is 0 Å². The number of benzene rings is 1. The van der Waals surface area contributed by atoms with Gasteiger partial charge in [-0.2, -0.15) is 4.98 Å². The minimum Gasteiger partial charge on any atom is -0.404 e. The molecule has 2 heterocycles. The van der Waals surface area contributed by atoms with Crippen molar-refractivity contribution in [1.29, 1.82) is 0 Å². The third-order valence-electron chi connectivity index (χ3n) is 2.95. The van der Waals surface area contributed by atoms with Gasteiger partial charge in [0, 0.05) is 11.8 Å². The topological polar surface area (TPSA) is 73.1 Å². The summed E-state index contributed by atoms with van der Waals surface area (Å²) in [5.41, 5.74) is 2.46. The summed E-state index contributed by atoms with van der Waals surface area (Å²) in [6, 6.07) is 11.7. The minimum absolute atomic E-state index is 0.0466. The van der Waals surface area contributed by atoms with Crippen LogP contribution in [-0.4, -0.2) is 24.9 Å². The maximum absolute atomic E-state index is 9.06. The second-order valence-corrected chi connectivity index (χ2v) is 4.53. The summed E-state index contributed by atoms with van der Waals surface area (Å²) in [4.78, 5) is 8.27. The molecule has 1 aromatic carbocycles.